The highest BCUT2D eigenvalue weighted by atomic mass is 32.1. The van der Waals surface area contributed by atoms with Crippen molar-refractivity contribution in [1.82, 2.24) is 4.57 Å². The van der Waals surface area contributed by atoms with Gasteiger partial charge in [-0.2, -0.15) is 5.26 Å². The summed E-state index contributed by atoms with van der Waals surface area (Å²) >= 11 is 1.02. The van der Waals surface area contributed by atoms with Gasteiger partial charge in [0.2, 0.25) is 0 Å². The second kappa shape index (κ2) is 10.7. The lowest BCUT2D eigenvalue weighted by atomic mass is 10.2. The van der Waals surface area contributed by atoms with E-state index >= 15 is 0 Å². The summed E-state index contributed by atoms with van der Waals surface area (Å²) in [4.78, 5) is 26.5. The maximum absolute atomic E-state index is 13.5. The molecule has 0 saturated heterocycles. The van der Waals surface area contributed by atoms with Crippen LogP contribution in [0.25, 0.3) is 17.3 Å². The largest absolute Gasteiger partial charge is 0.493 e. The van der Waals surface area contributed by atoms with Crippen molar-refractivity contribution in [2.45, 2.75) is 0 Å². The van der Waals surface area contributed by atoms with E-state index in [0.717, 1.165) is 11.3 Å². The molecule has 0 aliphatic rings. The van der Waals surface area contributed by atoms with E-state index in [4.69, 9.17) is 9.47 Å². The normalized spacial score (nSPS) is 12.0. The van der Waals surface area contributed by atoms with Crippen LogP contribution in [0.2, 0.25) is 0 Å². The number of methoxy groups -OCH3 is 2. The van der Waals surface area contributed by atoms with E-state index in [1.165, 1.54) is 43.1 Å². The van der Waals surface area contributed by atoms with Crippen molar-refractivity contribution in [2.24, 2.45) is 0 Å². The monoisotopic (exact) mass is 501 g/mol. The lowest BCUT2D eigenvalue weighted by molar-refractivity contribution is -0.111. The van der Waals surface area contributed by atoms with Crippen molar-refractivity contribution >= 4 is 34.6 Å². The number of nitriles is 1. The molecule has 0 saturated carbocycles. The molecule has 7 nitrogen and oxygen atoms in total. The third kappa shape index (κ3) is 5.04. The number of nitrogens with zero attached hydrogens (tertiary/aromatic N) is 2. The summed E-state index contributed by atoms with van der Waals surface area (Å²) in [5.74, 6) is -0.133. The first kappa shape index (κ1) is 24.4. The van der Waals surface area contributed by atoms with E-state index in [9.17, 15) is 19.2 Å². The van der Waals surface area contributed by atoms with Crippen LogP contribution in [-0.4, -0.2) is 24.7 Å². The Bertz CT molecular complexity index is 1640. The minimum atomic E-state index is -0.715. The third-order valence-corrected chi connectivity index (χ3v) is 6.29. The molecule has 0 radical (unpaired) electrons. The quantitative estimate of drug-likeness (QED) is 0.438. The second-order valence-electron chi connectivity index (χ2n) is 7.45. The molecule has 4 aromatic rings. The van der Waals surface area contributed by atoms with Crippen LogP contribution in [0.3, 0.4) is 0 Å². The number of hydrogen-bond donors (Lipinski definition) is 1. The molecule has 0 bridgehead atoms. The Morgan fingerprint density at radius 3 is 2.36 bits per heavy atom. The van der Waals surface area contributed by atoms with Crippen LogP contribution in [0.5, 0.6) is 11.5 Å². The second-order valence-corrected chi connectivity index (χ2v) is 8.48. The molecule has 180 valence electrons. The molecule has 0 unspecified atom stereocenters. The summed E-state index contributed by atoms with van der Waals surface area (Å²) in [6.45, 7) is 0. The molecule has 1 amide bonds. The van der Waals surface area contributed by atoms with Gasteiger partial charge in [-0.05, 0) is 60.2 Å². The maximum Gasteiger partial charge on any atom is 0.273 e. The summed E-state index contributed by atoms with van der Waals surface area (Å²) in [7, 11) is 3.04. The van der Waals surface area contributed by atoms with Gasteiger partial charge in [0.25, 0.3) is 11.5 Å². The van der Waals surface area contributed by atoms with E-state index in [2.05, 4.69) is 5.32 Å². The molecule has 4 rings (SSSR count). The number of amides is 1. The van der Waals surface area contributed by atoms with Gasteiger partial charge >= 0.3 is 0 Å². The molecule has 0 aliphatic carbocycles. The van der Waals surface area contributed by atoms with Gasteiger partial charge in [-0.15, -0.1) is 11.3 Å². The van der Waals surface area contributed by atoms with Crippen LogP contribution in [0.1, 0.15) is 5.56 Å². The van der Waals surface area contributed by atoms with Gasteiger partial charge in [0.1, 0.15) is 16.5 Å². The van der Waals surface area contributed by atoms with Gasteiger partial charge in [-0.3, -0.25) is 14.2 Å². The van der Waals surface area contributed by atoms with Gasteiger partial charge in [-0.25, -0.2) is 4.39 Å². The number of benzene rings is 3. The number of carbonyl (C=O) groups excluding carboxylic acids is 1. The van der Waals surface area contributed by atoms with E-state index in [1.807, 2.05) is 6.07 Å². The van der Waals surface area contributed by atoms with Crippen molar-refractivity contribution in [2.75, 3.05) is 19.5 Å². The molecule has 0 aliphatic heterocycles. The minimum absolute atomic E-state index is 0.167. The molecule has 1 aromatic heterocycles. The van der Waals surface area contributed by atoms with E-state index < -0.39 is 17.3 Å². The highest BCUT2D eigenvalue weighted by molar-refractivity contribution is 7.07. The average Bonchev–Trinajstić information content (AvgIpc) is 3.21. The molecule has 9 heteroatoms. The van der Waals surface area contributed by atoms with Crippen LogP contribution >= 0.6 is 11.3 Å². The number of carbonyl (C=O) groups is 1. The lowest BCUT2D eigenvalue weighted by Gasteiger charge is -2.07. The van der Waals surface area contributed by atoms with Gasteiger partial charge in [0.05, 0.1) is 24.4 Å². The molecule has 0 spiro atoms. The molecular formula is C27H20FN3O4S. The predicted molar refractivity (Wildman–Crippen MR) is 136 cm³/mol. The Balaban J connectivity index is 1.93. The summed E-state index contributed by atoms with van der Waals surface area (Å²) in [5.41, 5.74) is 0.849. The summed E-state index contributed by atoms with van der Waals surface area (Å²) in [6, 6.07) is 21.0. The molecule has 0 atom stereocenters. The number of para-hydroxylation sites is 1. The first-order chi connectivity index (χ1) is 17.4. The van der Waals surface area contributed by atoms with Crippen LogP contribution in [0, 0.1) is 17.1 Å². The molecule has 3 aromatic carbocycles. The van der Waals surface area contributed by atoms with Crippen LogP contribution in [0.4, 0.5) is 10.1 Å². The van der Waals surface area contributed by atoms with Crippen molar-refractivity contribution in [1.29, 1.82) is 5.26 Å². The number of hydrogen-bond acceptors (Lipinski definition) is 6. The Hall–Kier alpha value is -4.68. The summed E-state index contributed by atoms with van der Waals surface area (Å²) in [6.07, 6.45) is 1.66. The van der Waals surface area contributed by atoms with Gasteiger partial charge in [-0.1, -0.05) is 24.3 Å². The smallest absolute Gasteiger partial charge is 0.273 e. The SMILES string of the molecule is COc1ccc(/C=c2/s/c(=C(/C#N)C(=O)Nc3ccc(F)cc3)n(-c3ccccc3)c2=O)cc1OC. The topological polar surface area (TPSA) is 93.4 Å². The number of thiazole rings is 1. The van der Waals surface area contributed by atoms with Crippen molar-refractivity contribution in [3.63, 3.8) is 0 Å². The Morgan fingerprint density at radius 2 is 1.72 bits per heavy atom. The number of halogens is 1. The first-order valence-electron chi connectivity index (χ1n) is 10.7. The molecule has 36 heavy (non-hydrogen) atoms. The van der Waals surface area contributed by atoms with Gasteiger partial charge < -0.3 is 14.8 Å². The average molecular weight is 502 g/mol. The predicted octanol–water partition coefficient (Wildman–Crippen LogP) is 3.20. The third-order valence-electron chi connectivity index (χ3n) is 5.20. The van der Waals surface area contributed by atoms with Crippen LogP contribution in [-0.2, 0) is 4.79 Å². The fourth-order valence-corrected chi connectivity index (χ4v) is 4.58. The zero-order valence-electron chi connectivity index (χ0n) is 19.3. The number of ether oxygens (including phenoxy) is 2. The van der Waals surface area contributed by atoms with Gasteiger partial charge in [0, 0.05) is 5.69 Å². The minimum Gasteiger partial charge on any atom is -0.493 e. The molecule has 1 heterocycles. The number of anilines is 1. The lowest BCUT2D eigenvalue weighted by Crippen LogP contribution is -2.32. The maximum atomic E-state index is 13.5. The van der Waals surface area contributed by atoms with Crippen LogP contribution in [0.15, 0.2) is 77.6 Å². The fraction of sp³-hybridized carbons (Fsp3) is 0.0741. The summed E-state index contributed by atoms with van der Waals surface area (Å²) < 4.78 is 25.7. The van der Waals surface area contributed by atoms with E-state index in [1.54, 1.807) is 54.6 Å². The highest BCUT2D eigenvalue weighted by Gasteiger charge is 2.17. The molecular weight excluding hydrogens is 481 g/mol. The zero-order valence-corrected chi connectivity index (χ0v) is 20.1. The Kier molecular flexibility index (Phi) is 7.28. The number of aromatic nitrogens is 1. The number of nitrogens with one attached hydrogen (secondary N) is 1. The Labute approximate surface area is 209 Å². The van der Waals surface area contributed by atoms with E-state index in [-0.39, 0.29) is 10.2 Å². The molecule has 0 fully saturated rings. The van der Waals surface area contributed by atoms with Crippen molar-refractivity contribution < 1.29 is 18.7 Å². The van der Waals surface area contributed by atoms with Crippen molar-refractivity contribution in [3.8, 4) is 23.3 Å². The highest BCUT2D eigenvalue weighted by Crippen LogP contribution is 2.27. The fourth-order valence-electron chi connectivity index (χ4n) is 3.48. The zero-order chi connectivity index (χ0) is 25.7. The van der Waals surface area contributed by atoms with Crippen LogP contribution < -0.4 is 29.5 Å². The summed E-state index contributed by atoms with van der Waals surface area (Å²) in [5, 5.41) is 12.5. The standard InChI is InChI=1S/C27H20FN3O4S/c1-34-22-13-8-17(14-23(22)35-2)15-24-26(33)31(20-6-4-3-5-7-20)27(36-24)21(16-29)25(32)30-19-11-9-18(28)10-12-19/h3-15H,1-2H3,(H,30,32)/b24-15+,27-21-. The molecule has 1 N–H and O–H groups in total. The van der Waals surface area contributed by atoms with Crippen molar-refractivity contribution in [3.05, 3.63) is 104 Å². The van der Waals surface area contributed by atoms with Gasteiger partial charge in [0.15, 0.2) is 17.1 Å². The number of rotatable bonds is 6. The first-order valence-corrected chi connectivity index (χ1v) is 11.5. The Morgan fingerprint density at radius 1 is 1.03 bits per heavy atom. The van der Waals surface area contributed by atoms with E-state index in [0.29, 0.717) is 33.0 Å².